The highest BCUT2D eigenvalue weighted by Gasteiger charge is 2.42. The van der Waals surface area contributed by atoms with Crippen molar-refractivity contribution in [3.8, 4) is 0 Å². The van der Waals surface area contributed by atoms with Crippen LogP contribution in [0.5, 0.6) is 0 Å². The third-order valence-electron chi connectivity index (χ3n) is 2.51. The van der Waals surface area contributed by atoms with Crippen molar-refractivity contribution in [3.63, 3.8) is 0 Å². The summed E-state index contributed by atoms with van der Waals surface area (Å²) in [5, 5.41) is 0. The molecule has 2 unspecified atom stereocenters. The lowest BCUT2D eigenvalue weighted by Crippen LogP contribution is -2.36. The van der Waals surface area contributed by atoms with Gasteiger partial charge in [-0.3, -0.25) is 4.79 Å². The van der Waals surface area contributed by atoms with Crippen molar-refractivity contribution in [3.05, 3.63) is 22.2 Å². The van der Waals surface area contributed by atoms with Gasteiger partial charge in [0, 0.05) is 0 Å². The molecular formula is C9H9BrO2. The molecule has 0 aromatic heterocycles. The lowest BCUT2D eigenvalue weighted by atomic mass is 9.96. The summed E-state index contributed by atoms with van der Waals surface area (Å²) in [6.07, 6.45) is 3.40. The van der Waals surface area contributed by atoms with E-state index in [2.05, 4.69) is 15.9 Å². The van der Waals surface area contributed by atoms with E-state index in [0.29, 0.717) is 4.48 Å². The molecule has 0 saturated carbocycles. The van der Waals surface area contributed by atoms with Crippen LogP contribution in [0.4, 0.5) is 0 Å². The average Bonchev–Trinajstić information content (AvgIpc) is 2.41. The first-order valence-electron chi connectivity index (χ1n) is 3.83. The van der Waals surface area contributed by atoms with Gasteiger partial charge in [-0.1, -0.05) is 0 Å². The van der Waals surface area contributed by atoms with E-state index >= 15 is 0 Å². The Kier molecular flexibility index (Phi) is 1.57. The number of hydrogen-bond donors (Lipinski definition) is 0. The minimum atomic E-state index is -0.368. The summed E-state index contributed by atoms with van der Waals surface area (Å²) in [6.45, 7) is 3.88. The molecule has 2 aliphatic rings. The van der Waals surface area contributed by atoms with E-state index in [4.69, 9.17) is 4.74 Å². The summed E-state index contributed by atoms with van der Waals surface area (Å²) in [5.74, 6) is 0.0266. The van der Waals surface area contributed by atoms with E-state index in [-0.39, 0.29) is 17.5 Å². The normalized spacial score (nSPS) is 39.6. The second-order valence-corrected chi connectivity index (χ2v) is 4.10. The van der Waals surface area contributed by atoms with Gasteiger partial charge in [-0.25, -0.2) is 0 Å². The Balaban J connectivity index is 2.58. The van der Waals surface area contributed by atoms with E-state index in [1.54, 1.807) is 0 Å². The molecule has 0 N–H and O–H groups in total. The maximum absolute atomic E-state index is 11.5. The molecule has 0 saturated heterocycles. The monoisotopic (exact) mass is 228 g/mol. The van der Waals surface area contributed by atoms with Crippen molar-refractivity contribution in [1.29, 1.82) is 0 Å². The molecule has 2 atom stereocenters. The van der Waals surface area contributed by atoms with Crippen molar-refractivity contribution in [2.75, 3.05) is 0 Å². The van der Waals surface area contributed by atoms with Crippen molar-refractivity contribution >= 4 is 21.7 Å². The minimum absolute atomic E-state index is 0.0266. The summed E-state index contributed by atoms with van der Waals surface area (Å²) in [7, 11) is 0. The van der Waals surface area contributed by atoms with Crippen LogP contribution in [0.25, 0.3) is 0 Å². The van der Waals surface area contributed by atoms with Crippen molar-refractivity contribution < 1.29 is 9.53 Å². The van der Waals surface area contributed by atoms with Gasteiger partial charge >= 0.3 is 0 Å². The SMILES string of the molecule is CC1=C(Br)C(=O)C2C=CC1(C)O2. The molecular weight excluding hydrogens is 220 g/mol. The fourth-order valence-electron chi connectivity index (χ4n) is 1.50. The summed E-state index contributed by atoms with van der Waals surface area (Å²) < 4.78 is 6.20. The summed E-state index contributed by atoms with van der Waals surface area (Å²) in [6, 6.07) is 0. The molecule has 0 aliphatic carbocycles. The summed E-state index contributed by atoms with van der Waals surface area (Å²) in [5.41, 5.74) is 0.592. The largest absolute Gasteiger partial charge is 0.351 e. The number of Topliss-reactive ketones (excluding diaryl/α,β-unsaturated/α-hetero) is 1. The van der Waals surface area contributed by atoms with E-state index in [9.17, 15) is 4.79 Å². The Morgan fingerprint density at radius 2 is 2.33 bits per heavy atom. The van der Waals surface area contributed by atoms with Gasteiger partial charge < -0.3 is 4.74 Å². The van der Waals surface area contributed by atoms with E-state index in [1.807, 2.05) is 26.0 Å². The van der Waals surface area contributed by atoms with Gasteiger partial charge in [0.25, 0.3) is 0 Å². The Bertz CT molecular complexity index is 316. The molecule has 2 bridgehead atoms. The maximum Gasteiger partial charge on any atom is 0.202 e. The molecule has 0 amide bonds. The second-order valence-electron chi connectivity index (χ2n) is 3.31. The molecule has 3 heteroatoms. The Morgan fingerprint density at radius 3 is 3.00 bits per heavy atom. The van der Waals surface area contributed by atoms with Gasteiger partial charge in [-0.2, -0.15) is 0 Å². The molecule has 0 fully saturated rings. The first-order chi connectivity index (χ1) is 5.54. The minimum Gasteiger partial charge on any atom is -0.351 e. The van der Waals surface area contributed by atoms with Gasteiger partial charge in [0.05, 0.1) is 4.48 Å². The summed E-state index contributed by atoms with van der Waals surface area (Å²) >= 11 is 3.29. The van der Waals surface area contributed by atoms with Crippen LogP contribution in [-0.2, 0) is 9.53 Å². The van der Waals surface area contributed by atoms with Gasteiger partial charge in [-0.15, -0.1) is 0 Å². The zero-order chi connectivity index (χ0) is 8.93. The third-order valence-corrected chi connectivity index (χ3v) is 3.49. The maximum atomic E-state index is 11.5. The van der Waals surface area contributed by atoms with Crippen LogP contribution in [0.15, 0.2) is 22.2 Å². The number of halogens is 1. The molecule has 0 radical (unpaired) electrons. The lowest BCUT2D eigenvalue weighted by Gasteiger charge is -2.30. The number of ketones is 1. The molecule has 0 aromatic rings. The number of hydrogen-bond acceptors (Lipinski definition) is 2. The van der Waals surface area contributed by atoms with Crippen LogP contribution in [0.3, 0.4) is 0 Å². The first kappa shape index (κ1) is 8.20. The average molecular weight is 229 g/mol. The fraction of sp³-hybridized carbons (Fsp3) is 0.444. The van der Waals surface area contributed by atoms with Gasteiger partial charge in [0.1, 0.15) is 11.7 Å². The number of fused-ring (bicyclic) bond motifs is 2. The van der Waals surface area contributed by atoms with Gasteiger partial charge in [0.15, 0.2) is 0 Å². The number of carbonyl (C=O) groups is 1. The summed E-state index contributed by atoms with van der Waals surface area (Å²) in [4.78, 5) is 11.5. The Labute approximate surface area is 79.4 Å². The third kappa shape index (κ3) is 0.866. The van der Waals surface area contributed by atoms with Gasteiger partial charge in [0.2, 0.25) is 5.78 Å². The highest BCUT2D eigenvalue weighted by molar-refractivity contribution is 9.12. The predicted molar refractivity (Wildman–Crippen MR) is 49.1 cm³/mol. The molecule has 2 aliphatic heterocycles. The first-order valence-corrected chi connectivity index (χ1v) is 4.62. The Hall–Kier alpha value is -0.410. The fourth-order valence-corrected chi connectivity index (χ4v) is 2.11. The van der Waals surface area contributed by atoms with Crippen molar-refractivity contribution in [2.24, 2.45) is 0 Å². The van der Waals surface area contributed by atoms with Crippen LogP contribution < -0.4 is 0 Å². The van der Waals surface area contributed by atoms with Crippen LogP contribution in [0.2, 0.25) is 0 Å². The van der Waals surface area contributed by atoms with Crippen molar-refractivity contribution in [1.82, 2.24) is 0 Å². The lowest BCUT2D eigenvalue weighted by molar-refractivity contribution is -0.128. The number of carbonyl (C=O) groups excluding carboxylic acids is 1. The Morgan fingerprint density at radius 1 is 1.67 bits per heavy atom. The zero-order valence-corrected chi connectivity index (χ0v) is 8.51. The molecule has 2 rings (SSSR count). The molecule has 12 heavy (non-hydrogen) atoms. The number of ether oxygens (including phenoxy) is 1. The molecule has 2 nitrogen and oxygen atoms in total. The van der Waals surface area contributed by atoms with E-state index < -0.39 is 0 Å². The molecule has 2 heterocycles. The van der Waals surface area contributed by atoms with E-state index in [0.717, 1.165) is 5.57 Å². The zero-order valence-electron chi connectivity index (χ0n) is 6.93. The topological polar surface area (TPSA) is 26.3 Å². The molecule has 0 aromatic carbocycles. The second kappa shape index (κ2) is 2.30. The quantitative estimate of drug-likeness (QED) is 0.593. The standard InChI is InChI=1S/C9H9BrO2/c1-5-7(10)8(11)6-3-4-9(5,2)12-6/h3-4,6H,1-2H3. The highest BCUT2D eigenvalue weighted by Crippen LogP contribution is 2.39. The number of rotatable bonds is 0. The van der Waals surface area contributed by atoms with Crippen molar-refractivity contribution in [2.45, 2.75) is 25.6 Å². The van der Waals surface area contributed by atoms with Crippen LogP contribution in [0, 0.1) is 0 Å². The van der Waals surface area contributed by atoms with Crippen LogP contribution in [-0.4, -0.2) is 17.5 Å². The molecule has 0 spiro atoms. The van der Waals surface area contributed by atoms with Crippen LogP contribution in [0.1, 0.15) is 13.8 Å². The van der Waals surface area contributed by atoms with Crippen LogP contribution >= 0.6 is 15.9 Å². The predicted octanol–water partition coefficient (Wildman–Crippen LogP) is 1.95. The van der Waals surface area contributed by atoms with E-state index in [1.165, 1.54) is 0 Å². The molecule has 64 valence electrons. The smallest absolute Gasteiger partial charge is 0.202 e. The van der Waals surface area contributed by atoms with Gasteiger partial charge in [-0.05, 0) is 47.5 Å². The highest BCUT2D eigenvalue weighted by atomic mass is 79.9.